The number of benzene rings is 1. The van der Waals surface area contributed by atoms with Crippen LogP contribution in [0.5, 0.6) is 17.2 Å². The van der Waals surface area contributed by atoms with Gasteiger partial charge in [0.25, 0.3) is 0 Å². The third kappa shape index (κ3) is 1.87. The molecule has 15 heavy (non-hydrogen) atoms. The summed E-state index contributed by atoms with van der Waals surface area (Å²) in [5.74, 6) is 1.97. The molecule has 1 heterocycles. The summed E-state index contributed by atoms with van der Waals surface area (Å²) in [6.45, 7) is 5.39. The van der Waals surface area contributed by atoms with E-state index in [1.54, 1.807) is 12.1 Å². The van der Waals surface area contributed by atoms with Crippen LogP contribution >= 0.6 is 0 Å². The van der Waals surface area contributed by atoms with Crippen LogP contribution in [0.1, 0.15) is 31.7 Å². The van der Waals surface area contributed by atoms with E-state index in [4.69, 9.17) is 9.47 Å². The summed E-state index contributed by atoms with van der Waals surface area (Å²) in [6.07, 6.45) is 0.882. The number of aromatic hydroxyl groups is 1. The van der Waals surface area contributed by atoms with E-state index in [1.165, 1.54) is 0 Å². The van der Waals surface area contributed by atoms with Crippen LogP contribution in [-0.4, -0.2) is 18.3 Å². The van der Waals surface area contributed by atoms with Crippen molar-refractivity contribution in [3.05, 3.63) is 17.7 Å². The molecule has 1 N–H and O–H groups in total. The number of ether oxygens (including phenoxy) is 2. The Bertz CT molecular complexity index is 358. The molecule has 0 radical (unpaired) electrons. The van der Waals surface area contributed by atoms with Gasteiger partial charge in [0.05, 0.1) is 13.2 Å². The third-order valence-corrected chi connectivity index (χ3v) is 2.51. The minimum absolute atomic E-state index is 0.224. The molecule has 0 amide bonds. The van der Waals surface area contributed by atoms with Crippen molar-refractivity contribution in [2.24, 2.45) is 0 Å². The zero-order valence-electron chi connectivity index (χ0n) is 9.12. The lowest BCUT2D eigenvalue weighted by molar-refractivity contribution is 0.295. The molecule has 0 aromatic heterocycles. The van der Waals surface area contributed by atoms with Crippen molar-refractivity contribution in [2.75, 3.05) is 13.2 Å². The average Bonchev–Trinajstić information content (AvgIpc) is 2.41. The van der Waals surface area contributed by atoms with E-state index in [-0.39, 0.29) is 11.7 Å². The first-order valence-corrected chi connectivity index (χ1v) is 5.31. The zero-order valence-corrected chi connectivity index (χ0v) is 9.12. The quantitative estimate of drug-likeness (QED) is 0.771. The zero-order chi connectivity index (χ0) is 10.8. The van der Waals surface area contributed by atoms with Gasteiger partial charge in [-0.15, -0.1) is 0 Å². The highest BCUT2D eigenvalue weighted by atomic mass is 16.5. The number of fused-ring (bicyclic) bond motifs is 1. The highest BCUT2D eigenvalue weighted by molar-refractivity contribution is 5.55. The van der Waals surface area contributed by atoms with Crippen molar-refractivity contribution in [2.45, 2.75) is 26.2 Å². The second-order valence-corrected chi connectivity index (χ2v) is 4.03. The monoisotopic (exact) mass is 208 g/mol. The fourth-order valence-corrected chi connectivity index (χ4v) is 1.80. The van der Waals surface area contributed by atoms with E-state index in [0.29, 0.717) is 19.0 Å². The molecule has 0 atom stereocenters. The molecule has 0 bridgehead atoms. The fourth-order valence-electron chi connectivity index (χ4n) is 1.80. The molecule has 0 unspecified atom stereocenters. The van der Waals surface area contributed by atoms with Gasteiger partial charge < -0.3 is 14.6 Å². The Morgan fingerprint density at radius 2 is 1.93 bits per heavy atom. The number of hydrogen-bond donors (Lipinski definition) is 1. The second kappa shape index (κ2) is 4.01. The molecule has 0 fully saturated rings. The molecule has 1 aliphatic rings. The van der Waals surface area contributed by atoms with Crippen LogP contribution in [0.2, 0.25) is 0 Å². The summed E-state index contributed by atoms with van der Waals surface area (Å²) in [7, 11) is 0. The Kier molecular flexibility index (Phi) is 2.71. The van der Waals surface area contributed by atoms with Crippen molar-refractivity contribution in [1.82, 2.24) is 0 Å². The Balaban J connectivity index is 2.51. The van der Waals surface area contributed by atoms with Crippen molar-refractivity contribution < 1.29 is 14.6 Å². The van der Waals surface area contributed by atoms with Crippen LogP contribution in [0.25, 0.3) is 0 Å². The lowest BCUT2D eigenvalue weighted by atomic mass is 10.0. The van der Waals surface area contributed by atoms with E-state index in [1.807, 2.05) is 13.8 Å². The summed E-state index contributed by atoms with van der Waals surface area (Å²) in [6, 6.07) is 3.44. The maximum Gasteiger partial charge on any atom is 0.168 e. The van der Waals surface area contributed by atoms with Gasteiger partial charge in [0.15, 0.2) is 11.5 Å². The summed E-state index contributed by atoms with van der Waals surface area (Å²) >= 11 is 0. The predicted molar refractivity (Wildman–Crippen MR) is 57.8 cm³/mol. The molecule has 3 nitrogen and oxygen atoms in total. The summed E-state index contributed by atoms with van der Waals surface area (Å²) in [5, 5.41) is 9.79. The molecule has 0 spiro atoms. The van der Waals surface area contributed by atoms with Gasteiger partial charge in [-0.1, -0.05) is 13.8 Å². The molecule has 1 aromatic rings. The van der Waals surface area contributed by atoms with Crippen LogP contribution in [0.15, 0.2) is 12.1 Å². The van der Waals surface area contributed by atoms with Crippen molar-refractivity contribution in [1.29, 1.82) is 0 Å². The van der Waals surface area contributed by atoms with Crippen LogP contribution < -0.4 is 9.47 Å². The number of phenols is 1. The standard InChI is InChI=1S/C12H16O3/c1-8(2)11-9(13)4-5-10-12(11)15-7-3-6-14-10/h4-5,8,13H,3,6-7H2,1-2H3. The lowest BCUT2D eigenvalue weighted by Gasteiger charge is -2.16. The van der Waals surface area contributed by atoms with Crippen molar-refractivity contribution in [3.63, 3.8) is 0 Å². The highest BCUT2D eigenvalue weighted by Crippen LogP contribution is 2.42. The summed E-state index contributed by atoms with van der Waals surface area (Å²) in [4.78, 5) is 0. The highest BCUT2D eigenvalue weighted by Gasteiger charge is 2.20. The normalized spacial score (nSPS) is 15.1. The molecular formula is C12H16O3. The minimum Gasteiger partial charge on any atom is -0.508 e. The lowest BCUT2D eigenvalue weighted by Crippen LogP contribution is -1.99. The average molecular weight is 208 g/mol. The number of phenolic OH excluding ortho intramolecular Hbond substituents is 1. The molecular weight excluding hydrogens is 192 g/mol. The molecule has 0 aliphatic carbocycles. The maximum atomic E-state index is 9.79. The molecule has 2 rings (SSSR count). The van der Waals surface area contributed by atoms with Gasteiger partial charge >= 0.3 is 0 Å². The van der Waals surface area contributed by atoms with Gasteiger partial charge in [-0.3, -0.25) is 0 Å². The van der Waals surface area contributed by atoms with Crippen molar-refractivity contribution >= 4 is 0 Å². The SMILES string of the molecule is CC(C)c1c(O)ccc2c1OCCCO2. The first-order chi connectivity index (χ1) is 7.20. The van der Waals surface area contributed by atoms with Crippen LogP contribution in [0.4, 0.5) is 0 Å². The van der Waals surface area contributed by atoms with Gasteiger partial charge in [-0.25, -0.2) is 0 Å². The van der Waals surface area contributed by atoms with Gasteiger partial charge in [0, 0.05) is 12.0 Å². The van der Waals surface area contributed by atoms with Gasteiger partial charge in [-0.05, 0) is 18.1 Å². The Labute approximate surface area is 89.6 Å². The summed E-state index contributed by atoms with van der Waals surface area (Å²) in [5.41, 5.74) is 0.842. The molecule has 0 saturated carbocycles. The largest absolute Gasteiger partial charge is 0.508 e. The fraction of sp³-hybridized carbons (Fsp3) is 0.500. The van der Waals surface area contributed by atoms with E-state index in [9.17, 15) is 5.11 Å². The van der Waals surface area contributed by atoms with E-state index < -0.39 is 0 Å². The number of rotatable bonds is 1. The molecule has 1 aliphatic heterocycles. The van der Waals surface area contributed by atoms with Gasteiger partial charge in [0.1, 0.15) is 5.75 Å². The Morgan fingerprint density at radius 3 is 2.67 bits per heavy atom. The van der Waals surface area contributed by atoms with Crippen LogP contribution in [-0.2, 0) is 0 Å². The van der Waals surface area contributed by atoms with E-state index >= 15 is 0 Å². The van der Waals surface area contributed by atoms with Crippen LogP contribution in [0.3, 0.4) is 0 Å². The first-order valence-electron chi connectivity index (χ1n) is 5.31. The molecule has 82 valence electrons. The van der Waals surface area contributed by atoms with Gasteiger partial charge in [-0.2, -0.15) is 0 Å². The molecule has 3 heteroatoms. The van der Waals surface area contributed by atoms with E-state index in [0.717, 1.165) is 17.7 Å². The topological polar surface area (TPSA) is 38.7 Å². The van der Waals surface area contributed by atoms with Crippen LogP contribution in [0, 0.1) is 0 Å². The number of hydrogen-bond acceptors (Lipinski definition) is 3. The third-order valence-electron chi connectivity index (χ3n) is 2.51. The first kappa shape index (κ1) is 10.1. The smallest absolute Gasteiger partial charge is 0.168 e. The predicted octanol–water partition coefficient (Wildman–Crippen LogP) is 2.68. The molecule has 1 aromatic carbocycles. The molecule has 0 saturated heterocycles. The minimum atomic E-state index is 0.224. The van der Waals surface area contributed by atoms with E-state index in [2.05, 4.69) is 0 Å². The maximum absolute atomic E-state index is 9.79. The van der Waals surface area contributed by atoms with Gasteiger partial charge in [0.2, 0.25) is 0 Å². The summed E-state index contributed by atoms with van der Waals surface area (Å²) < 4.78 is 11.2. The second-order valence-electron chi connectivity index (χ2n) is 4.03. The Hall–Kier alpha value is -1.38. The van der Waals surface area contributed by atoms with Crippen molar-refractivity contribution in [3.8, 4) is 17.2 Å². The Morgan fingerprint density at radius 1 is 1.20 bits per heavy atom.